The first-order valence-corrected chi connectivity index (χ1v) is 6.13. The van der Waals surface area contributed by atoms with Gasteiger partial charge in [0.2, 0.25) is 17.7 Å². The van der Waals surface area contributed by atoms with Crippen LogP contribution in [0.15, 0.2) is 0 Å². The molecule has 106 valence electrons. The Morgan fingerprint density at radius 1 is 1.26 bits per heavy atom. The van der Waals surface area contributed by atoms with Crippen molar-refractivity contribution in [3.8, 4) is 0 Å². The fraction of sp³-hybridized carbons (Fsp3) is 0.667. The van der Waals surface area contributed by atoms with E-state index in [0.29, 0.717) is 0 Å². The number of amides is 3. The van der Waals surface area contributed by atoms with Crippen LogP contribution in [0.3, 0.4) is 0 Å². The van der Waals surface area contributed by atoms with E-state index in [9.17, 15) is 19.2 Å². The first-order valence-electron chi connectivity index (χ1n) is 6.13. The Hall–Kier alpha value is -1.92. The molecule has 1 saturated heterocycles. The minimum atomic E-state index is -0.451. The molecule has 1 unspecified atom stereocenters. The molecule has 0 aromatic carbocycles. The van der Waals surface area contributed by atoms with E-state index in [1.807, 2.05) is 0 Å². The summed E-state index contributed by atoms with van der Waals surface area (Å²) in [6.07, 6.45) is 0.513. The molecule has 0 aliphatic carbocycles. The number of methoxy groups -OCH3 is 1. The number of esters is 1. The SMILES string of the molecule is COC(=O)CCC(=O)NC(C)CN1C(=O)CCC1=O. The van der Waals surface area contributed by atoms with E-state index in [1.165, 1.54) is 7.11 Å². The van der Waals surface area contributed by atoms with E-state index in [2.05, 4.69) is 10.1 Å². The highest BCUT2D eigenvalue weighted by atomic mass is 16.5. The molecule has 0 bridgehead atoms. The molecule has 7 nitrogen and oxygen atoms in total. The maximum atomic E-state index is 11.5. The van der Waals surface area contributed by atoms with Gasteiger partial charge in [-0.25, -0.2) is 0 Å². The number of nitrogens with zero attached hydrogens (tertiary/aromatic N) is 1. The van der Waals surface area contributed by atoms with Crippen molar-refractivity contribution < 1.29 is 23.9 Å². The third-order valence-electron chi connectivity index (χ3n) is 2.80. The van der Waals surface area contributed by atoms with Gasteiger partial charge in [-0.3, -0.25) is 24.1 Å². The van der Waals surface area contributed by atoms with Gasteiger partial charge in [-0.2, -0.15) is 0 Å². The van der Waals surface area contributed by atoms with Crippen molar-refractivity contribution in [2.75, 3.05) is 13.7 Å². The summed E-state index contributed by atoms with van der Waals surface area (Å²) in [5.74, 6) is -1.17. The molecule has 1 rings (SSSR count). The lowest BCUT2D eigenvalue weighted by Gasteiger charge is -2.20. The van der Waals surface area contributed by atoms with Crippen LogP contribution >= 0.6 is 0 Å². The zero-order chi connectivity index (χ0) is 14.4. The van der Waals surface area contributed by atoms with Gasteiger partial charge >= 0.3 is 5.97 Å². The number of ether oxygens (including phenoxy) is 1. The third-order valence-corrected chi connectivity index (χ3v) is 2.80. The fourth-order valence-corrected chi connectivity index (χ4v) is 1.81. The first kappa shape index (κ1) is 15.1. The Balaban J connectivity index is 2.32. The molecular formula is C12H18N2O5. The molecule has 7 heteroatoms. The lowest BCUT2D eigenvalue weighted by atomic mass is 10.2. The van der Waals surface area contributed by atoms with Gasteiger partial charge in [0.05, 0.1) is 13.5 Å². The van der Waals surface area contributed by atoms with Crippen LogP contribution < -0.4 is 5.32 Å². The quantitative estimate of drug-likeness (QED) is 0.523. The highest BCUT2D eigenvalue weighted by Crippen LogP contribution is 2.11. The molecule has 0 aromatic rings. The lowest BCUT2D eigenvalue weighted by molar-refractivity contribution is -0.142. The summed E-state index contributed by atoms with van der Waals surface area (Å²) >= 11 is 0. The van der Waals surface area contributed by atoms with Gasteiger partial charge in [0.15, 0.2) is 0 Å². The van der Waals surface area contributed by atoms with Crippen LogP contribution in [0.25, 0.3) is 0 Å². The number of likely N-dealkylation sites (tertiary alicyclic amines) is 1. The summed E-state index contributed by atoms with van der Waals surface area (Å²) in [7, 11) is 1.26. The van der Waals surface area contributed by atoms with Crippen LogP contribution in [0.5, 0.6) is 0 Å². The smallest absolute Gasteiger partial charge is 0.306 e. The Bertz CT molecular complexity index is 378. The minimum absolute atomic E-state index is 0.0105. The monoisotopic (exact) mass is 270 g/mol. The normalized spacial score (nSPS) is 16.4. The topological polar surface area (TPSA) is 92.8 Å². The third kappa shape index (κ3) is 4.69. The minimum Gasteiger partial charge on any atom is -0.469 e. The molecule has 0 spiro atoms. The highest BCUT2D eigenvalue weighted by molar-refractivity contribution is 6.02. The largest absolute Gasteiger partial charge is 0.469 e. The van der Waals surface area contributed by atoms with E-state index >= 15 is 0 Å². The van der Waals surface area contributed by atoms with Crippen molar-refractivity contribution in [1.29, 1.82) is 0 Å². The molecule has 3 amide bonds. The van der Waals surface area contributed by atoms with Crippen molar-refractivity contribution >= 4 is 23.7 Å². The van der Waals surface area contributed by atoms with Gasteiger partial charge in [-0.05, 0) is 6.92 Å². The predicted molar refractivity (Wildman–Crippen MR) is 64.8 cm³/mol. The van der Waals surface area contributed by atoms with Crippen molar-refractivity contribution in [1.82, 2.24) is 10.2 Å². The summed E-state index contributed by atoms with van der Waals surface area (Å²) in [6, 6.07) is -0.337. The van der Waals surface area contributed by atoms with Crippen molar-refractivity contribution in [3.63, 3.8) is 0 Å². The number of nitrogens with one attached hydrogen (secondary N) is 1. The number of imide groups is 1. The number of rotatable bonds is 6. The number of hydrogen-bond donors (Lipinski definition) is 1. The van der Waals surface area contributed by atoms with E-state index in [1.54, 1.807) is 6.92 Å². The Kier molecular flexibility index (Phi) is 5.47. The molecule has 1 fully saturated rings. The average Bonchev–Trinajstić information content (AvgIpc) is 2.67. The van der Waals surface area contributed by atoms with Crippen molar-refractivity contribution in [2.45, 2.75) is 38.6 Å². The fourth-order valence-electron chi connectivity index (χ4n) is 1.81. The van der Waals surface area contributed by atoms with Gasteiger partial charge in [-0.1, -0.05) is 0 Å². The van der Waals surface area contributed by atoms with Crippen LogP contribution in [0.4, 0.5) is 0 Å². The summed E-state index contributed by atoms with van der Waals surface area (Å²) in [5.41, 5.74) is 0. The first-order chi connectivity index (χ1) is 8.93. The number of carbonyl (C=O) groups excluding carboxylic acids is 4. The maximum Gasteiger partial charge on any atom is 0.306 e. The predicted octanol–water partition coefficient (Wildman–Crippen LogP) is -0.407. The van der Waals surface area contributed by atoms with Crippen LogP contribution in [-0.4, -0.2) is 48.3 Å². The van der Waals surface area contributed by atoms with E-state index in [0.717, 1.165) is 4.90 Å². The standard InChI is InChI=1S/C12H18N2O5/c1-8(7-14-10(16)4-5-11(14)17)13-9(15)3-6-12(18)19-2/h8H,3-7H2,1-2H3,(H,13,15). The number of hydrogen-bond acceptors (Lipinski definition) is 5. The molecule has 0 aromatic heterocycles. The average molecular weight is 270 g/mol. The van der Waals surface area contributed by atoms with Gasteiger partial charge in [0.25, 0.3) is 0 Å². The van der Waals surface area contributed by atoms with Crippen LogP contribution in [0, 0.1) is 0 Å². The Morgan fingerprint density at radius 3 is 2.37 bits per heavy atom. The van der Waals surface area contributed by atoms with E-state index in [4.69, 9.17) is 0 Å². The summed E-state index contributed by atoms with van der Waals surface area (Å²) in [5, 5.41) is 2.63. The molecule has 19 heavy (non-hydrogen) atoms. The van der Waals surface area contributed by atoms with Gasteiger partial charge in [0.1, 0.15) is 0 Å². The molecule has 1 aliphatic rings. The Morgan fingerprint density at radius 2 is 1.84 bits per heavy atom. The molecule has 0 radical (unpaired) electrons. The zero-order valence-corrected chi connectivity index (χ0v) is 11.1. The van der Waals surface area contributed by atoms with Gasteiger partial charge in [-0.15, -0.1) is 0 Å². The van der Waals surface area contributed by atoms with Crippen LogP contribution in [0.2, 0.25) is 0 Å². The number of carbonyl (C=O) groups is 4. The molecule has 1 N–H and O–H groups in total. The van der Waals surface area contributed by atoms with Gasteiger partial charge in [0, 0.05) is 31.8 Å². The molecular weight excluding hydrogens is 252 g/mol. The highest BCUT2D eigenvalue weighted by Gasteiger charge is 2.30. The summed E-state index contributed by atoms with van der Waals surface area (Å²) < 4.78 is 4.42. The molecule has 1 heterocycles. The Labute approximate surface area is 111 Å². The second kappa shape index (κ2) is 6.86. The lowest BCUT2D eigenvalue weighted by Crippen LogP contribution is -2.44. The maximum absolute atomic E-state index is 11.5. The summed E-state index contributed by atoms with van der Waals surface area (Å²) in [6.45, 7) is 1.87. The second-order valence-corrected chi connectivity index (χ2v) is 4.44. The molecule has 1 atom stereocenters. The van der Waals surface area contributed by atoms with Crippen LogP contribution in [0.1, 0.15) is 32.6 Å². The van der Waals surface area contributed by atoms with Gasteiger partial charge < -0.3 is 10.1 Å². The van der Waals surface area contributed by atoms with Crippen molar-refractivity contribution in [3.05, 3.63) is 0 Å². The van der Waals surface area contributed by atoms with Crippen LogP contribution in [-0.2, 0) is 23.9 Å². The second-order valence-electron chi connectivity index (χ2n) is 4.44. The zero-order valence-electron chi connectivity index (χ0n) is 11.1. The van der Waals surface area contributed by atoms with E-state index < -0.39 is 5.97 Å². The molecule has 1 aliphatic heterocycles. The molecule has 0 saturated carbocycles. The van der Waals surface area contributed by atoms with Crippen molar-refractivity contribution in [2.24, 2.45) is 0 Å². The summed E-state index contributed by atoms with van der Waals surface area (Å²) in [4.78, 5) is 46.3. The van der Waals surface area contributed by atoms with E-state index in [-0.39, 0.29) is 56.0 Å².